The lowest BCUT2D eigenvalue weighted by Gasteiger charge is -2.09. The van der Waals surface area contributed by atoms with E-state index in [-0.39, 0.29) is 0 Å². The molecule has 1 heterocycles. The number of aliphatic hydroxyl groups excluding tert-OH is 1. The van der Waals surface area contributed by atoms with Crippen LogP contribution in [0.1, 0.15) is 17.4 Å². The minimum Gasteiger partial charge on any atom is -0.450 e. The smallest absolute Gasteiger partial charge is 0.183 e. The number of rotatable bonds is 3. The number of halogens is 4. The Morgan fingerprint density at radius 3 is 2.56 bits per heavy atom. The van der Waals surface area contributed by atoms with Gasteiger partial charge in [-0.05, 0) is 61.7 Å². The van der Waals surface area contributed by atoms with Crippen molar-refractivity contribution in [1.29, 1.82) is 0 Å². The van der Waals surface area contributed by atoms with Crippen LogP contribution in [-0.2, 0) is 6.42 Å². The van der Waals surface area contributed by atoms with E-state index in [1.807, 2.05) is 0 Å². The van der Waals surface area contributed by atoms with Crippen LogP contribution in [0, 0.1) is 0 Å². The molecule has 18 heavy (non-hydrogen) atoms. The van der Waals surface area contributed by atoms with E-state index in [4.69, 9.17) is 27.6 Å². The molecule has 0 amide bonds. The fourth-order valence-corrected chi connectivity index (χ4v) is 2.53. The Labute approximate surface area is 131 Å². The number of benzene rings is 1. The van der Waals surface area contributed by atoms with E-state index in [0.29, 0.717) is 26.9 Å². The van der Waals surface area contributed by atoms with Crippen LogP contribution in [0.15, 0.2) is 37.8 Å². The van der Waals surface area contributed by atoms with Crippen molar-refractivity contribution in [2.75, 3.05) is 0 Å². The van der Waals surface area contributed by atoms with Crippen molar-refractivity contribution in [2.24, 2.45) is 0 Å². The van der Waals surface area contributed by atoms with Gasteiger partial charge in [-0.25, -0.2) is 0 Å². The maximum atomic E-state index is 10.1. The monoisotopic (exact) mass is 412 g/mol. The van der Waals surface area contributed by atoms with Crippen LogP contribution < -0.4 is 0 Å². The molecular weight excluding hydrogens is 407 g/mol. The first-order valence-corrected chi connectivity index (χ1v) is 7.38. The summed E-state index contributed by atoms with van der Waals surface area (Å²) in [5.41, 5.74) is 0.778. The third-order valence-corrected chi connectivity index (χ3v) is 4.73. The van der Waals surface area contributed by atoms with E-state index in [9.17, 15) is 5.11 Å². The van der Waals surface area contributed by atoms with Crippen LogP contribution in [0.2, 0.25) is 10.0 Å². The van der Waals surface area contributed by atoms with E-state index in [0.717, 1.165) is 10.0 Å². The molecule has 6 heteroatoms. The molecule has 1 N–H and O–H groups in total. The van der Waals surface area contributed by atoms with Crippen LogP contribution in [0.4, 0.5) is 0 Å². The normalized spacial score (nSPS) is 12.7. The van der Waals surface area contributed by atoms with Crippen LogP contribution in [0.25, 0.3) is 0 Å². The highest BCUT2D eigenvalue weighted by Crippen LogP contribution is 2.32. The molecule has 2 nitrogen and oxygen atoms in total. The first-order chi connectivity index (χ1) is 8.47. The third kappa shape index (κ3) is 3.31. The van der Waals surface area contributed by atoms with Gasteiger partial charge < -0.3 is 9.52 Å². The summed E-state index contributed by atoms with van der Waals surface area (Å²) in [4.78, 5) is 0. The lowest BCUT2D eigenvalue weighted by molar-refractivity contribution is 0.149. The SMILES string of the molecule is OC(Cc1cc(Cl)ccc1Cl)c1cc(Br)c(Br)o1. The molecule has 1 unspecified atom stereocenters. The number of furan rings is 1. The molecule has 96 valence electrons. The first kappa shape index (κ1) is 14.4. The van der Waals surface area contributed by atoms with E-state index < -0.39 is 6.10 Å². The topological polar surface area (TPSA) is 33.4 Å². The van der Waals surface area contributed by atoms with Gasteiger partial charge in [0, 0.05) is 16.5 Å². The minimum atomic E-state index is -0.774. The van der Waals surface area contributed by atoms with Crippen molar-refractivity contribution in [1.82, 2.24) is 0 Å². The lowest BCUT2D eigenvalue weighted by atomic mass is 10.1. The van der Waals surface area contributed by atoms with Gasteiger partial charge in [-0.1, -0.05) is 23.2 Å². The number of hydrogen-bond acceptors (Lipinski definition) is 2. The van der Waals surface area contributed by atoms with E-state index >= 15 is 0 Å². The quantitative estimate of drug-likeness (QED) is 0.730. The van der Waals surface area contributed by atoms with Crippen LogP contribution >= 0.6 is 55.1 Å². The van der Waals surface area contributed by atoms with E-state index in [2.05, 4.69) is 31.9 Å². The van der Waals surface area contributed by atoms with Crippen LogP contribution in [0.5, 0.6) is 0 Å². The van der Waals surface area contributed by atoms with Gasteiger partial charge in [-0.15, -0.1) is 0 Å². The second-order valence-corrected chi connectivity index (χ2v) is 6.14. The third-order valence-electron chi connectivity index (χ3n) is 2.41. The Bertz CT molecular complexity index is 550. The Morgan fingerprint density at radius 1 is 1.22 bits per heavy atom. The van der Waals surface area contributed by atoms with Crippen LogP contribution in [0.3, 0.4) is 0 Å². The maximum Gasteiger partial charge on any atom is 0.183 e. The molecule has 1 atom stereocenters. The lowest BCUT2D eigenvalue weighted by Crippen LogP contribution is -2.01. The molecule has 0 aliphatic rings. The molecule has 2 aromatic rings. The van der Waals surface area contributed by atoms with Gasteiger partial charge in [-0.2, -0.15) is 0 Å². The summed E-state index contributed by atoms with van der Waals surface area (Å²) in [6.45, 7) is 0. The molecule has 0 saturated heterocycles. The van der Waals surface area contributed by atoms with Gasteiger partial charge in [0.05, 0.1) is 4.47 Å². The van der Waals surface area contributed by atoms with Crippen LogP contribution in [-0.4, -0.2) is 5.11 Å². The predicted molar refractivity (Wildman–Crippen MR) is 79.2 cm³/mol. The summed E-state index contributed by atoms with van der Waals surface area (Å²) in [7, 11) is 0. The summed E-state index contributed by atoms with van der Waals surface area (Å²) < 4.78 is 6.67. The molecular formula is C12H8Br2Cl2O2. The van der Waals surface area contributed by atoms with Gasteiger partial charge in [0.2, 0.25) is 0 Å². The van der Waals surface area contributed by atoms with Crippen molar-refractivity contribution in [3.05, 3.63) is 54.8 Å². The Morgan fingerprint density at radius 2 is 1.94 bits per heavy atom. The molecule has 1 aromatic heterocycles. The second kappa shape index (κ2) is 5.97. The second-order valence-electron chi connectivity index (χ2n) is 3.73. The average Bonchev–Trinajstić information content (AvgIpc) is 2.64. The standard InChI is InChI=1S/C12H8Br2Cl2O2/c13-8-5-11(18-12(8)14)10(17)4-6-3-7(15)1-2-9(6)16/h1-3,5,10,17H,4H2. The first-order valence-electron chi connectivity index (χ1n) is 5.04. The Kier molecular flexibility index (Phi) is 4.78. The van der Waals surface area contributed by atoms with Gasteiger partial charge in [0.25, 0.3) is 0 Å². The highest BCUT2D eigenvalue weighted by molar-refractivity contribution is 9.13. The zero-order valence-electron chi connectivity index (χ0n) is 8.96. The summed E-state index contributed by atoms with van der Waals surface area (Å²) in [6, 6.07) is 6.87. The molecule has 0 saturated carbocycles. The highest BCUT2D eigenvalue weighted by atomic mass is 79.9. The molecule has 2 rings (SSSR count). The van der Waals surface area contributed by atoms with Crippen molar-refractivity contribution in [3.8, 4) is 0 Å². The molecule has 0 radical (unpaired) electrons. The fourth-order valence-electron chi connectivity index (χ4n) is 1.54. The number of aliphatic hydroxyl groups is 1. The van der Waals surface area contributed by atoms with Gasteiger partial charge >= 0.3 is 0 Å². The van der Waals surface area contributed by atoms with E-state index in [1.165, 1.54) is 0 Å². The van der Waals surface area contributed by atoms with Crippen molar-refractivity contribution < 1.29 is 9.52 Å². The summed E-state index contributed by atoms with van der Waals surface area (Å²) in [6.07, 6.45) is -0.435. The predicted octanol–water partition coefficient (Wildman–Crippen LogP) is 5.39. The maximum absolute atomic E-state index is 10.1. The van der Waals surface area contributed by atoms with Gasteiger partial charge in [0.15, 0.2) is 4.67 Å². The molecule has 0 bridgehead atoms. The van der Waals surface area contributed by atoms with Gasteiger partial charge in [0.1, 0.15) is 11.9 Å². The molecule has 0 aliphatic carbocycles. The largest absolute Gasteiger partial charge is 0.450 e. The fraction of sp³-hybridized carbons (Fsp3) is 0.167. The average molecular weight is 415 g/mol. The molecule has 0 spiro atoms. The Balaban J connectivity index is 2.20. The Hall–Kier alpha value is -0.0000000000000000555. The molecule has 0 aliphatic heterocycles. The molecule has 0 fully saturated rings. The highest BCUT2D eigenvalue weighted by Gasteiger charge is 2.17. The molecule has 1 aromatic carbocycles. The zero-order chi connectivity index (χ0) is 13.3. The summed E-state index contributed by atoms with van der Waals surface area (Å²) >= 11 is 18.5. The summed E-state index contributed by atoms with van der Waals surface area (Å²) in [5.74, 6) is 0.463. The number of hydrogen-bond donors (Lipinski definition) is 1. The zero-order valence-corrected chi connectivity index (χ0v) is 13.6. The van der Waals surface area contributed by atoms with Gasteiger partial charge in [-0.3, -0.25) is 0 Å². The van der Waals surface area contributed by atoms with Crippen molar-refractivity contribution in [2.45, 2.75) is 12.5 Å². The summed E-state index contributed by atoms with van der Waals surface area (Å²) in [5, 5.41) is 11.2. The van der Waals surface area contributed by atoms with Crippen molar-refractivity contribution in [3.63, 3.8) is 0 Å². The van der Waals surface area contributed by atoms with E-state index in [1.54, 1.807) is 24.3 Å². The minimum absolute atomic E-state index is 0.339. The van der Waals surface area contributed by atoms with Crippen molar-refractivity contribution >= 4 is 55.1 Å².